The standard InChI is InChI=1S/C25H25FN2O3/c1-16-18(4-5-21-22(16)15-31-25(21)30)8-11-28-9-6-17(7-10-28)12-24(29)19-2-3-20(14-27)23(26)13-19/h2-5,13,17H,6-12,15H2,1H3. The first-order valence-electron chi connectivity index (χ1n) is 10.7. The van der Waals surface area contributed by atoms with Crippen molar-refractivity contribution < 1.29 is 18.7 Å². The maximum absolute atomic E-state index is 13.8. The molecule has 2 aromatic carbocycles. The highest BCUT2D eigenvalue weighted by Gasteiger charge is 2.25. The molecule has 0 unspecified atom stereocenters. The maximum Gasteiger partial charge on any atom is 0.338 e. The lowest BCUT2D eigenvalue weighted by molar-refractivity contribution is 0.0534. The van der Waals surface area contributed by atoms with Gasteiger partial charge in [-0.05, 0) is 80.6 Å². The fourth-order valence-electron chi connectivity index (χ4n) is 4.52. The monoisotopic (exact) mass is 420 g/mol. The molecular formula is C25H25FN2O3. The summed E-state index contributed by atoms with van der Waals surface area (Å²) in [4.78, 5) is 26.6. The molecule has 4 rings (SSSR count). The third kappa shape index (κ3) is 4.52. The average Bonchev–Trinajstić information content (AvgIpc) is 3.15. The van der Waals surface area contributed by atoms with Crippen molar-refractivity contribution in [3.05, 3.63) is 69.5 Å². The van der Waals surface area contributed by atoms with Gasteiger partial charge in [-0.3, -0.25) is 4.79 Å². The zero-order valence-electron chi connectivity index (χ0n) is 17.6. The molecule has 1 saturated heterocycles. The Balaban J connectivity index is 1.27. The lowest BCUT2D eigenvalue weighted by Gasteiger charge is -2.32. The predicted molar refractivity (Wildman–Crippen MR) is 113 cm³/mol. The Labute approximate surface area is 181 Å². The second-order valence-electron chi connectivity index (χ2n) is 8.42. The quantitative estimate of drug-likeness (QED) is 0.517. The Hall–Kier alpha value is -3.04. The SMILES string of the molecule is Cc1c(CCN2CCC(CC(=O)c3ccc(C#N)c(F)c3)CC2)ccc2c1COC2=O. The number of nitrogens with zero attached hydrogens (tertiary/aromatic N) is 2. The van der Waals surface area contributed by atoms with E-state index in [0.717, 1.165) is 50.0 Å². The minimum Gasteiger partial charge on any atom is -0.457 e. The van der Waals surface area contributed by atoms with Gasteiger partial charge in [-0.25, -0.2) is 9.18 Å². The van der Waals surface area contributed by atoms with E-state index in [1.807, 2.05) is 12.1 Å². The first kappa shape index (κ1) is 21.2. The number of Topliss-reactive ketones (excluding diaryl/α,β-unsaturated/α-hetero) is 1. The van der Waals surface area contributed by atoms with Gasteiger partial charge >= 0.3 is 5.97 Å². The first-order chi connectivity index (χ1) is 15.0. The zero-order chi connectivity index (χ0) is 22.0. The van der Waals surface area contributed by atoms with Crippen LogP contribution in [0.3, 0.4) is 0 Å². The Morgan fingerprint density at radius 2 is 2.03 bits per heavy atom. The van der Waals surface area contributed by atoms with Crippen molar-refractivity contribution in [1.82, 2.24) is 4.90 Å². The second kappa shape index (κ2) is 8.99. The Kier molecular flexibility index (Phi) is 6.15. The molecule has 0 amide bonds. The first-order valence-corrected chi connectivity index (χ1v) is 10.7. The fourth-order valence-corrected chi connectivity index (χ4v) is 4.52. The van der Waals surface area contributed by atoms with Crippen molar-refractivity contribution in [2.45, 2.75) is 39.2 Å². The molecule has 160 valence electrons. The number of fused-ring (bicyclic) bond motifs is 1. The summed E-state index contributed by atoms with van der Waals surface area (Å²) in [6, 6.07) is 9.76. The molecule has 0 aromatic heterocycles. The normalized spacial score (nSPS) is 16.6. The summed E-state index contributed by atoms with van der Waals surface area (Å²) in [6.45, 7) is 5.24. The average molecular weight is 420 g/mol. The van der Waals surface area contributed by atoms with Crippen LogP contribution >= 0.6 is 0 Å². The number of carbonyl (C=O) groups excluding carboxylic acids is 2. The summed E-state index contributed by atoms with van der Waals surface area (Å²) < 4.78 is 18.9. The summed E-state index contributed by atoms with van der Waals surface area (Å²) in [5, 5.41) is 8.82. The molecular weight excluding hydrogens is 395 g/mol. The van der Waals surface area contributed by atoms with Gasteiger partial charge in [0, 0.05) is 24.1 Å². The largest absolute Gasteiger partial charge is 0.457 e. The Bertz CT molecular complexity index is 1070. The lowest BCUT2D eigenvalue weighted by atomic mass is 9.89. The highest BCUT2D eigenvalue weighted by molar-refractivity contribution is 5.96. The Morgan fingerprint density at radius 1 is 1.26 bits per heavy atom. The molecule has 0 radical (unpaired) electrons. The number of benzene rings is 2. The summed E-state index contributed by atoms with van der Waals surface area (Å²) >= 11 is 0. The van der Waals surface area contributed by atoms with Gasteiger partial charge in [0.05, 0.1) is 11.1 Å². The molecule has 2 aliphatic rings. The molecule has 2 aliphatic heterocycles. The maximum atomic E-state index is 13.8. The second-order valence-corrected chi connectivity index (χ2v) is 8.42. The van der Waals surface area contributed by atoms with Crippen molar-refractivity contribution in [2.75, 3.05) is 19.6 Å². The Morgan fingerprint density at radius 3 is 2.74 bits per heavy atom. The van der Waals surface area contributed by atoms with Crippen LogP contribution in [0.5, 0.6) is 0 Å². The van der Waals surface area contributed by atoms with Gasteiger partial charge in [0.1, 0.15) is 18.5 Å². The van der Waals surface area contributed by atoms with E-state index in [2.05, 4.69) is 11.8 Å². The molecule has 5 nitrogen and oxygen atoms in total. The van der Waals surface area contributed by atoms with Gasteiger partial charge in [0.15, 0.2) is 5.78 Å². The molecule has 0 atom stereocenters. The molecule has 1 fully saturated rings. The molecule has 0 N–H and O–H groups in total. The lowest BCUT2D eigenvalue weighted by Crippen LogP contribution is -2.35. The van der Waals surface area contributed by atoms with Crippen LogP contribution in [-0.4, -0.2) is 36.3 Å². The molecule has 2 heterocycles. The molecule has 0 aliphatic carbocycles. The molecule has 0 bridgehead atoms. The number of hydrogen-bond acceptors (Lipinski definition) is 5. The van der Waals surface area contributed by atoms with Gasteiger partial charge < -0.3 is 9.64 Å². The molecule has 6 heteroatoms. The highest BCUT2D eigenvalue weighted by Crippen LogP contribution is 2.27. The molecule has 2 aromatic rings. The number of likely N-dealkylation sites (tertiary alicyclic amines) is 1. The number of nitriles is 1. The zero-order valence-corrected chi connectivity index (χ0v) is 17.6. The van der Waals surface area contributed by atoms with Crippen molar-refractivity contribution >= 4 is 11.8 Å². The third-order valence-electron chi connectivity index (χ3n) is 6.57. The fraction of sp³-hybridized carbons (Fsp3) is 0.400. The van der Waals surface area contributed by atoms with E-state index in [0.29, 0.717) is 30.1 Å². The number of hydrogen-bond donors (Lipinski definition) is 0. The van der Waals surface area contributed by atoms with E-state index in [-0.39, 0.29) is 17.3 Å². The van der Waals surface area contributed by atoms with Gasteiger partial charge in [-0.1, -0.05) is 6.07 Å². The van der Waals surface area contributed by atoms with E-state index in [1.165, 1.54) is 23.8 Å². The van der Waals surface area contributed by atoms with E-state index in [1.54, 1.807) is 6.07 Å². The van der Waals surface area contributed by atoms with E-state index in [4.69, 9.17) is 10.00 Å². The van der Waals surface area contributed by atoms with Crippen LogP contribution in [0.1, 0.15) is 62.2 Å². The van der Waals surface area contributed by atoms with Crippen molar-refractivity contribution in [1.29, 1.82) is 5.26 Å². The minimum absolute atomic E-state index is 0.0393. The van der Waals surface area contributed by atoms with E-state index in [9.17, 15) is 14.0 Å². The highest BCUT2D eigenvalue weighted by atomic mass is 19.1. The number of cyclic esters (lactones) is 1. The number of carbonyl (C=O) groups is 2. The van der Waals surface area contributed by atoms with Crippen LogP contribution in [-0.2, 0) is 17.8 Å². The molecule has 31 heavy (non-hydrogen) atoms. The van der Waals surface area contributed by atoms with Crippen molar-refractivity contribution in [3.63, 3.8) is 0 Å². The number of piperidine rings is 1. The smallest absolute Gasteiger partial charge is 0.338 e. The number of ketones is 1. The van der Waals surface area contributed by atoms with Gasteiger partial charge in [0.25, 0.3) is 0 Å². The van der Waals surface area contributed by atoms with E-state index >= 15 is 0 Å². The number of rotatable bonds is 6. The summed E-state index contributed by atoms with van der Waals surface area (Å²) in [5.74, 6) is -0.634. The van der Waals surface area contributed by atoms with Crippen LogP contribution in [0.4, 0.5) is 4.39 Å². The van der Waals surface area contributed by atoms with Crippen LogP contribution in [0.2, 0.25) is 0 Å². The van der Waals surface area contributed by atoms with Gasteiger partial charge in [-0.15, -0.1) is 0 Å². The van der Waals surface area contributed by atoms with Crippen LogP contribution in [0, 0.1) is 30.0 Å². The van der Waals surface area contributed by atoms with Crippen molar-refractivity contribution in [2.24, 2.45) is 5.92 Å². The predicted octanol–water partition coefficient (Wildman–Crippen LogP) is 4.20. The summed E-state index contributed by atoms with van der Waals surface area (Å²) in [6.07, 6.45) is 3.21. The number of esters is 1. The van der Waals surface area contributed by atoms with Gasteiger partial charge in [0.2, 0.25) is 0 Å². The summed E-state index contributed by atoms with van der Waals surface area (Å²) in [7, 11) is 0. The van der Waals surface area contributed by atoms with E-state index < -0.39 is 5.82 Å². The number of halogens is 1. The van der Waals surface area contributed by atoms with Crippen molar-refractivity contribution in [3.8, 4) is 6.07 Å². The van der Waals surface area contributed by atoms with Crippen LogP contribution < -0.4 is 0 Å². The molecule has 0 saturated carbocycles. The van der Waals surface area contributed by atoms with Crippen LogP contribution in [0.25, 0.3) is 0 Å². The number of ether oxygens (including phenoxy) is 1. The molecule has 0 spiro atoms. The van der Waals surface area contributed by atoms with Gasteiger partial charge in [-0.2, -0.15) is 5.26 Å². The minimum atomic E-state index is -0.638. The van der Waals surface area contributed by atoms with Crippen LogP contribution in [0.15, 0.2) is 30.3 Å². The topological polar surface area (TPSA) is 70.4 Å². The third-order valence-corrected chi connectivity index (χ3v) is 6.57. The summed E-state index contributed by atoms with van der Waals surface area (Å²) in [5.41, 5.74) is 4.40.